The fraction of sp³-hybridized carbons (Fsp3) is 0.857. The van der Waals surface area contributed by atoms with Crippen molar-refractivity contribution in [3.8, 4) is 0 Å². The molecule has 0 aliphatic heterocycles. The Labute approximate surface area is 204 Å². The number of hydrogen-bond donors (Lipinski definition) is 2. The Morgan fingerprint density at radius 1 is 0.758 bits per heavy atom. The lowest BCUT2D eigenvalue weighted by Gasteiger charge is -2.19. The molecule has 0 radical (unpaired) electrons. The second kappa shape index (κ2) is 23.8. The second-order valence-electron chi connectivity index (χ2n) is 9.70. The van der Waals surface area contributed by atoms with Crippen molar-refractivity contribution in [3.63, 3.8) is 0 Å². The minimum atomic E-state index is -0.779. The highest BCUT2D eigenvalue weighted by Crippen LogP contribution is 2.11. The van der Waals surface area contributed by atoms with Crippen LogP contribution in [0.25, 0.3) is 0 Å². The van der Waals surface area contributed by atoms with Gasteiger partial charge in [0.05, 0.1) is 0 Å². The monoisotopic (exact) mass is 466 g/mol. The van der Waals surface area contributed by atoms with Crippen LogP contribution in [0.3, 0.4) is 0 Å². The van der Waals surface area contributed by atoms with E-state index in [4.69, 9.17) is 5.11 Å². The molecule has 0 aromatic carbocycles. The SMILES string of the molecule is CCCCCCCCCC/C=C/CCCCCCCC(=O)NCCCC[C@@H](C(=O)O)N(C)C. The summed E-state index contributed by atoms with van der Waals surface area (Å²) < 4.78 is 0. The van der Waals surface area contributed by atoms with E-state index in [2.05, 4.69) is 24.4 Å². The lowest BCUT2D eigenvalue weighted by molar-refractivity contribution is -0.142. The molecule has 0 saturated carbocycles. The van der Waals surface area contributed by atoms with Gasteiger partial charge < -0.3 is 10.4 Å². The van der Waals surface area contributed by atoms with Crippen molar-refractivity contribution in [1.29, 1.82) is 0 Å². The minimum absolute atomic E-state index is 0.126. The summed E-state index contributed by atoms with van der Waals surface area (Å²) >= 11 is 0. The lowest BCUT2D eigenvalue weighted by Crippen LogP contribution is -2.35. The molecule has 0 unspecified atom stereocenters. The van der Waals surface area contributed by atoms with Gasteiger partial charge in [-0.05, 0) is 65.5 Å². The van der Waals surface area contributed by atoms with Gasteiger partial charge >= 0.3 is 5.97 Å². The Morgan fingerprint density at radius 3 is 1.79 bits per heavy atom. The van der Waals surface area contributed by atoms with Crippen LogP contribution >= 0.6 is 0 Å². The topological polar surface area (TPSA) is 69.6 Å². The van der Waals surface area contributed by atoms with Crippen molar-refractivity contribution in [3.05, 3.63) is 12.2 Å². The third-order valence-corrected chi connectivity index (χ3v) is 6.30. The number of aliphatic carboxylic acids is 1. The van der Waals surface area contributed by atoms with Crippen LogP contribution in [0.1, 0.15) is 129 Å². The maximum Gasteiger partial charge on any atom is 0.320 e. The van der Waals surface area contributed by atoms with E-state index in [0.29, 0.717) is 19.4 Å². The number of carbonyl (C=O) groups is 2. The van der Waals surface area contributed by atoms with Gasteiger partial charge in [0, 0.05) is 13.0 Å². The lowest BCUT2D eigenvalue weighted by atomic mass is 10.1. The van der Waals surface area contributed by atoms with Crippen molar-refractivity contribution in [2.24, 2.45) is 0 Å². The van der Waals surface area contributed by atoms with Crippen molar-refractivity contribution >= 4 is 11.9 Å². The van der Waals surface area contributed by atoms with E-state index in [0.717, 1.165) is 25.7 Å². The Balaban J connectivity index is 3.37. The molecule has 0 spiro atoms. The van der Waals surface area contributed by atoms with E-state index < -0.39 is 12.0 Å². The Bertz CT molecular complexity index is 492. The highest BCUT2D eigenvalue weighted by molar-refractivity contribution is 5.75. The molecular formula is C28H54N2O3. The summed E-state index contributed by atoms with van der Waals surface area (Å²) in [6.07, 6.45) is 26.9. The molecule has 0 bridgehead atoms. The van der Waals surface area contributed by atoms with E-state index in [1.807, 2.05) is 0 Å². The van der Waals surface area contributed by atoms with Crippen molar-refractivity contribution in [2.45, 2.75) is 135 Å². The number of likely N-dealkylation sites (N-methyl/N-ethyl adjacent to an activating group) is 1. The first-order valence-corrected chi connectivity index (χ1v) is 13.8. The third-order valence-electron chi connectivity index (χ3n) is 6.30. The molecule has 33 heavy (non-hydrogen) atoms. The van der Waals surface area contributed by atoms with Gasteiger partial charge in [-0.15, -0.1) is 0 Å². The molecule has 1 atom stereocenters. The molecule has 1 amide bonds. The van der Waals surface area contributed by atoms with E-state index in [1.165, 1.54) is 83.5 Å². The van der Waals surface area contributed by atoms with Gasteiger partial charge in [-0.2, -0.15) is 0 Å². The van der Waals surface area contributed by atoms with Crippen LogP contribution in [-0.2, 0) is 9.59 Å². The van der Waals surface area contributed by atoms with Crippen LogP contribution in [0.5, 0.6) is 0 Å². The average molecular weight is 467 g/mol. The molecule has 5 nitrogen and oxygen atoms in total. The first kappa shape index (κ1) is 31.6. The zero-order valence-electron chi connectivity index (χ0n) is 22.1. The van der Waals surface area contributed by atoms with Crippen molar-refractivity contribution < 1.29 is 14.7 Å². The number of nitrogens with zero attached hydrogens (tertiary/aromatic N) is 1. The van der Waals surface area contributed by atoms with E-state index in [1.54, 1.807) is 19.0 Å². The van der Waals surface area contributed by atoms with Crippen molar-refractivity contribution in [1.82, 2.24) is 10.2 Å². The molecule has 0 aromatic rings. The fourth-order valence-corrected chi connectivity index (χ4v) is 4.09. The predicted octanol–water partition coefficient (Wildman–Crippen LogP) is 7.11. The number of carboxylic acids is 1. The number of rotatable bonds is 24. The molecule has 0 rings (SSSR count). The highest BCUT2D eigenvalue weighted by atomic mass is 16.4. The Hall–Kier alpha value is -1.36. The zero-order chi connectivity index (χ0) is 24.6. The summed E-state index contributed by atoms with van der Waals surface area (Å²) in [5, 5.41) is 12.1. The molecule has 194 valence electrons. The smallest absolute Gasteiger partial charge is 0.320 e. The molecular weight excluding hydrogens is 412 g/mol. The molecule has 0 aliphatic rings. The summed E-state index contributed by atoms with van der Waals surface area (Å²) in [5.74, 6) is -0.653. The van der Waals surface area contributed by atoms with Gasteiger partial charge in [0.1, 0.15) is 6.04 Å². The summed E-state index contributed by atoms with van der Waals surface area (Å²) in [6.45, 7) is 2.91. The summed E-state index contributed by atoms with van der Waals surface area (Å²) in [6, 6.07) is -0.439. The molecule has 0 heterocycles. The molecule has 0 saturated heterocycles. The third kappa shape index (κ3) is 22.2. The minimum Gasteiger partial charge on any atom is -0.480 e. The number of allylic oxidation sites excluding steroid dienone is 2. The normalized spacial score (nSPS) is 12.5. The number of hydrogen-bond acceptors (Lipinski definition) is 3. The van der Waals surface area contributed by atoms with Crippen LogP contribution in [0, 0.1) is 0 Å². The van der Waals surface area contributed by atoms with E-state index in [-0.39, 0.29) is 5.91 Å². The number of nitrogens with one attached hydrogen (secondary N) is 1. The van der Waals surface area contributed by atoms with Gasteiger partial charge in [-0.25, -0.2) is 0 Å². The highest BCUT2D eigenvalue weighted by Gasteiger charge is 2.18. The van der Waals surface area contributed by atoms with Crippen LogP contribution in [0.15, 0.2) is 12.2 Å². The molecule has 5 heteroatoms. The van der Waals surface area contributed by atoms with Gasteiger partial charge in [-0.3, -0.25) is 14.5 Å². The molecule has 0 fully saturated rings. The zero-order valence-corrected chi connectivity index (χ0v) is 22.1. The predicted molar refractivity (Wildman–Crippen MR) is 141 cm³/mol. The first-order chi connectivity index (χ1) is 16.0. The Kier molecular flexibility index (Phi) is 22.8. The van der Waals surface area contributed by atoms with E-state index in [9.17, 15) is 9.59 Å². The standard InChI is InChI=1S/C28H54N2O3/c1-4-5-6-7-8-9-10-11-12-13-14-15-16-17-18-19-20-24-27(31)29-25-22-21-23-26(28(32)33)30(2)3/h13-14,26H,4-12,15-25H2,1-3H3,(H,29,31)(H,32,33)/b14-13+/t26-/m0/s1. The summed E-state index contributed by atoms with van der Waals surface area (Å²) in [5.41, 5.74) is 0. The maximum atomic E-state index is 11.9. The fourth-order valence-electron chi connectivity index (χ4n) is 4.09. The number of carbonyl (C=O) groups excluding carboxylic acids is 1. The molecule has 2 N–H and O–H groups in total. The summed E-state index contributed by atoms with van der Waals surface area (Å²) in [7, 11) is 3.58. The quantitative estimate of drug-likeness (QED) is 0.117. The van der Waals surface area contributed by atoms with Crippen molar-refractivity contribution in [2.75, 3.05) is 20.6 Å². The van der Waals surface area contributed by atoms with E-state index >= 15 is 0 Å². The van der Waals surface area contributed by atoms with Gasteiger partial charge in [0.2, 0.25) is 5.91 Å². The maximum absolute atomic E-state index is 11.9. The Morgan fingerprint density at radius 2 is 1.27 bits per heavy atom. The van der Waals surface area contributed by atoms with Gasteiger partial charge in [0.25, 0.3) is 0 Å². The molecule has 0 aliphatic carbocycles. The van der Waals surface area contributed by atoms with Crippen LogP contribution in [-0.4, -0.2) is 48.6 Å². The number of amides is 1. The molecule has 0 aromatic heterocycles. The second-order valence-corrected chi connectivity index (χ2v) is 9.70. The average Bonchev–Trinajstić information content (AvgIpc) is 2.77. The number of carboxylic acid groups (broad SMARTS) is 1. The first-order valence-electron chi connectivity index (χ1n) is 13.8. The van der Waals surface area contributed by atoms with Gasteiger partial charge in [0.15, 0.2) is 0 Å². The summed E-state index contributed by atoms with van der Waals surface area (Å²) in [4.78, 5) is 24.8. The van der Waals surface area contributed by atoms with Crippen LogP contribution in [0.2, 0.25) is 0 Å². The van der Waals surface area contributed by atoms with Crippen LogP contribution < -0.4 is 5.32 Å². The van der Waals surface area contributed by atoms with Gasteiger partial charge in [-0.1, -0.05) is 83.3 Å². The largest absolute Gasteiger partial charge is 0.480 e. The van der Waals surface area contributed by atoms with Crippen LogP contribution in [0.4, 0.5) is 0 Å². The number of unbranched alkanes of at least 4 members (excludes halogenated alkanes) is 14.